The zero-order chi connectivity index (χ0) is 11.1. The molecule has 0 aromatic heterocycles. The van der Waals surface area contributed by atoms with Crippen molar-refractivity contribution in [2.24, 2.45) is 11.7 Å². The van der Waals surface area contributed by atoms with E-state index < -0.39 is 0 Å². The van der Waals surface area contributed by atoms with E-state index in [4.69, 9.17) is 10.5 Å². The first kappa shape index (κ1) is 12.9. The summed E-state index contributed by atoms with van der Waals surface area (Å²) in [6.45, 7) is 6.34. The van der Waals surface area contributed by atoms with Gasteiger partial charge in [0.25, 0.3) is 0 Å². The van der Waals surface area contributed by atoms with Crippen molar-refractivity contribution in [3.05, 3.63) is 0 Å². The van der Waals surface area contributed by atoms with E-state index in [1.54, 1.807) is 7.11 Å². The summed E-state index contributed by atoms with van der Waals surface area (Å²) in [5, 5.41) is 0. The third kappa shape index (κ3) is 4.09. The van der Waals surface area contributed by atoms with Crippen LogP contribution in [0.2, 0.25) is 0 Å². The third-order valence-electron chi connectivity index (χ3n) is 3.40. The molecule has 1 aliphatic heterocycles. The predicted molar refractivity (Wildman–Crippen MR) is 63.9 cm³/mol. The molecule has 3 heteroatoms. The van der Waals surface area contributed by atoms with Gasteiger partial charge in [-0.1, -0.05) is 19.8 Å². The van der Waals surface area contributed by atoms with Crippen molar-refractivity contribution in [1.82, 2.24) is 4.90 Å². The normalized spacial score (nSPS) is 24.6. The Balaban J connectivity index is 2.29. The summed E-state index contributed by atoms with van der Waals surface area (Å²) >= 11 is 0. The minimum atomic E-state index is 0.604. The molecule has 3 nitrogen and oxygen atoms in total. The van der Waals surface area contributed by atoms with Crippen molar-refractivity contribution in [1.29, 1.82) is 0 Å². The fourth-order valence-electron chi connectivity index (χ4n) is 2.46. The van der Waals surface area contributed by atoms with E-state index in [0.717, 1.165) is 19.1 Å². The minimum Gasteiger partial charge on any atom is -0.384 e. The molecule has 1 heterocycles. The van der Waals surface area contributed by atoms with Gasteiger partial charge in [-0.05, 0) is 25.3 Å². The van der Waals surface area contributed by atoms with Crippen molar-refractivity contribution in [3.8, 4) is 0 Å². The number of unbranched alkanes of at least 4 members (excludes halogenated alkanes) is 1. The third-order valence-corrected chi connectivity index (χ3v) is 3.40. The standard InChI is InChI=1S/C12H26N2O/c1-3-4-5-12(8-13)14-7-6-11(9-14)10-15-2/h11-12H,3-10,13H2,1-2H3. The average molecular weight is 214 g/mol. The van der Waals surface area contributed by atoms with Gasteiger partial charge in [0.2, 0.25) is 0 Å². The molecule has 0 radical (unpaired) electrons. The monoisotopic (exact) mass is 214 g/mol. The van der Waals surface area contributed by atoms with Gasteiger partial charge in [0.15, 0.2) is 0 Å². The first-order valence-corrected chi connectivity index (χ1v) is 6.24. The van der Waals surface area contributed by atoms with Crippen molar-refractivity contribution >= 4 is 0 Å². The molecule has 2 N–H and O–H groups in total. The number of methoxy groups -OCH3 is 1. The van der Waals surface area contributed by atoms with Crippen LogP contribution >= 0.6 is 0 Å². The van der Waals surface area contributed by atoms with Gasteiger partial charge >= 0.3 is 0 Å². The molecule has 0 aromatic carbocycles. The number of likely N-dealkylation sites (tertiary alicyclic amines) is 1. The minimum absolute atomic E-state index is 0.604. The van der Waals surface area contributed by atoms with E-state index in [1.807, 2.05) is 0 Å². The average Bonchev–Trinajstić information content (AvgIpc) is 2.68. The van der Waals surface area contributed by atoms with E-state index in [0.29, 0.717) is 6.04 Å². The zero-order valence-corrected chi connectivity index (χ0v) is 10.2. The van der Waals surface area contributed by atoms with Crippen molar-refractivity contribution in [2.45, 2.75) is 38.6 Å². The van der Waals surface area contributed by atoms with Gasteiger partial charge in [0.05, 0.1) is 6.61 Å². The second kappa shape index (κ2) is 7.20. The van der Waals surface area contributed by atoms with Crippen LogP contribution in [-0.2, 0) is 4.74 Å². The lowest BCUT2D eigenvalue weighted by Crippen LogP contribution is -2.39. The van der Waals surface area contributed by atoms with Crippen molar-refractivity contribution in [3.63, 3.8) is 0 Å². The van der Waals surface area contributed by atoms with Crippen LogP contribution in [0.5, 0.6) is 0 Å². The Hall–Kier alpha value is -0.120. The molecule has 0 saturated carbocycles. The fraction of sp³-hybridized carbons (Fsp3) is 1.00. The molecule has 1 rings (SSSR count). The van der Waals surface area contributed by atoms with Crippen LogP contribution in [0.4, 0.5) is 0 Å². The van der Waals surface area contributed by atoms with Crippen LogP contribution in [0.15, 0.2) is 0 Å². The lowest BCUT2D eigenvalue weighted by molar-refractivity contribution is 0.146. The SMILES string of the molecule is CCCCC(CN)N1CCC(COC)C1. The van der Waals surface area contributed by atoms with Gasteiger partial charge in [-0.3, -0.25) is 4.90 Å². The molecule has 1 aliphatic rings. The molecule has 1 fully saturated rings. The number of rotatable bonds is 7. The Labute approximate surface area is 94.0 Å². The quantitative estimate of drug-likeness (QED) is 0.697. The van der Waals surface area contributed by atoms with Crippen molar-refractivity contribution in [2.75, 3.05) is 33.4 Å². The lowest BCUT2D eigenvalue weighted by atomic mass is 10.1. The van der Waals surface area contributed by atoms with Gasteiger partial charge in [-0.2, -0.15) is 0 Å². The second-order valence-electron chi connectivity index (χ2n) is 4.64. The van der Waals surface area contributed by atoms with Crippen LogP contribution in [-0.4, -0.2) is 44.3 Å². The maximum absolute atomic E-state index is 5.84. The van der Waals surface area contributed by atoms with E-state index in [2.05, 4.69) is 11.8 Å². The number of hydrogen-bond acceptors (Lipinski definition) is 3. The maximum atomic E-state index is 5.84. The Morgan fingerprint density at radius 2 is 2.33 bits per heavy atom. The predicted octanol–water partition coefficient (Wildman–Crippen LogP) is 1.47. The summed E-state index contributed by atoms with van der Waals surface area (Å²) in [5.74, 6) is 0.727. The molecule has 1 saturated heterocycles. The van der Waals surface area contributed by atoms with E-state index in [1.165, 1.54) is 38.8 Å². The van der Waals surface area contributed by atoms with Crippen molar-refractivity contribution < 1.29 is 4.74 Å². The summed E-state index contributed by atoms with van der Waals surface area (Å²) < 4.78 is 5.21. The summed E-state index contributed by atoms with van der Waals surface area (Å²) in [5.41, 5.74) is 5.84. The number of nitrogens with zero attached hydrogens (tertiary/aromatic N) is 1. The highest BCUT2D eigenvalue weighted by Crippen LogP contribution is 2.20. The zero-order valence-electron chi connectivity index (χ0n) is 10.2. The molecule has 2 atom stereocenters. The van der Waals surface area contributed by atoms with Gasteiger partial charge < -0.3 is 10.5 Å². The number of hydrogen-bond donors (Lipinski definition) is 1. The first-order chi connectivity index (χ1) is 7.31. The number of ether oxygens (including phenoxy) is 1. The Morgan fingerprint density at radius 3 is 2.93 bits per heavy atom. The Bertz CT molecular complexity index is 164. The molecular weight excluding hydrogens is 188 g/mol. The summed E-state index contributed by atoms with van der Waals surface area (Å²) in [4.78, 5) is 2.55. The van der Waals surface area contributed by atoms with Gasteiger partial charge in [-0.25, -0.2) is 0 Å². The van der Waals surface area contributed by atoms with Crippen LogP contribution in [0.25, 0.3) is 0 Å². The molecule has 90 valence electrons. The fourth-order valence-corrected chi connectivity index (χ4v) is 2.46. The lowest BCUT2D eigenvalue weighted by Gasteiger charge is -2.26. The van der Waals surface area contributed by atoms with E-state index in [-0.39, 0.29) is 0 Å². The van der Waals surface area contributed by atoms with Crippen LogP contribution in [0.1, 0.15) is 32.6 Å². The molecule has 0 aliphatic carbocycles. The largest absolute Gasteiger partial charge is 0.384 e. The van der Waals surface area contributed by atoms with Gasteiger partial charge in [0, 0.05) is 26.2 Å². The van der Waals surface area contributed by atoms with Crippen LogP contribution in [0.3, 0.4) is 0 Å². The first-order valence-electron chi connectivity index (χ1n) is 6.24. The molecule has 15 heavy (non-hydrogen) atoms. The molecule has 0 bridgehead atoms. The number of nitrogens with two attached hydrogens (primary N) is 1. The Morgan fingerprint density at radius 1 is 1.53 bits per heavy atom. The summed E-state index contributed by atoms with van der Waals surface area (Å²) in [6.07, 6.45) is 5.10. The molecule has 2 unspecified atom stereocenters. The summed E-state index contributed by atoms with van der Waals surface area (Å²) in [6, 6.07) is 0.604. The highest BCUT2D eigenvalue weighted by molar-refractivity contribution is 4.81. The smallest absolute Gasteiger partial charge is 0.0503 e. The van der Waals surface area contributed by atoms with Crippen LogP contribution in [0, 0.1) is 5.92 Å². The Kier molecular flexibility index (Phi) is 6.22. The molecular formula is C12H26N2O. The van der Waals surface area contributed by atoms with E-state index >= 15 is 0 Å². The molecule has 0 aromatic rings. The maximum Gasteiger partial charge on any atom is 0.0503 e. The highest BCUT2D eigenvalue weighted by atomic mass is 16.5. The second-order valence-corrected chi connectivity index (χ2v) is 4.64. The topological polar surface area (TPSA) is 38.5 Å². The van der Waals surface area contributed by atoms with Crippen LogP contribution < -0.4 is 5.73 Å². The van der Waals surface area contributed by atoms with E-state index in [9.17, 15) is 0 Å². The highest BCUT2D eigenvalue weighted by Gasteiger charge is 2.26. The molecule has 0 spiro atoms. The molecule has 0 amide bonds. The van der Waals surface area contributed by atoms with Gasteiger partial charge in [0.1, 0.15) is 0 Å². The summed E-state index contributed by atoms with van der Waals surface area (Å²) in [7, 11) is 1.79. The van der Waals surface area contributed by atoms with Gasteiger partial charge in [-0.15, -0.1) is 0 Å².